The van der Waals surface area contributed by atoms with Gasteiger partial charge in [-0.2, -0.15) is 5.10 Å². The van der Waals surface area contributed by atoms with Gasteiger partial charge < -0.3 is 10.1 Å². The SMILES string of the molecule is COc1ccc(CC(=O)Nc2cc(C)nn2Cc2ccccc2)cc1. The highest BCUT2D eigenvalue weighted by molar-refractivity contribution is 5.91. The van der Waals surface area contributed by atoms with Gasteiger partial charge in [-0.15, -0.1) is 0 Å². The molecular weight excluding hydrogens is 314 g/mol. The number of benzene rings is 2. The van der Waals surface area contributed by atoms with Crippen molar-refractivity contribution in [3.8, 4) is 5.75 Å². The maximum atomic E-state index is 12.4. The monoisotopic (exact) mass is 335 g/mol. The van der Waals surface area contributed by atoms with Crippen LogP contribution >= 0.6 is 0 Å². The summed E-state index contributed by atoms with van der Waals surface area (Å²) in [6.07, 6.45) is 0.305. The predicted molar refractivity (Wildman–Crippen MR) is 97.8 cm³/mol. The molecule has 128 valence electrons. The number of carbonyl (C=O) groups is 1. The average Bonchev–Trinajstić information content (AvgIpc) is 2.95. The third-order valence-electron chi connectivity index (χ3n) is 3.87. The Kier molecular flexibility index (Phi) is 5.14. The van der Waals surface area contributed by atoms with E-state index in [1.54, 1.807) is 7.11 Å². The first-order valence-corrected chi connectivity index (χ1v) is 8.15. The maximum Gasteiger partial charge on any atom is 0.229 e. The number of nitrogens with zero attached hydrogens (tertiary/aromatic N) is 2. The molecule has 0 aliphatic rings. The number of hydrogen-bond acceptors (Lipinski definition) is 3. The lowest BCUT2D eigenvalue weighted by Crippen LogP contribution is -2.18. The quantitative estimate of drug-likeness (QED) is 0.751. The molecule has 0 spiro atoms. The van der Waals surface area contributed by atoms with Crippen LogP contribution in [0, 0.1) is 6.92 Å². The van der Waals surface area contributed by atoms with Gasteiger partial charge in [0, 0.05) is 6.07 Å². The van der Waals surface area contributed by atoms with Crippen LogP contribution in [-0.4, -0.2) is 22.8 Å². The van der Waals surface area contributed by atoms with Gasteiger partial charge in [0.05, 0.1) is 25.8 Å². The van der Waals surface area contributed by atoms with Gasteiger partial charge in [0.25, 0.3) is 0 Å². The highest BCUT2D eigenvalue weighted by Crippen LogP contribution is 2.15. The zero-order valence-electron chi connectivity index (χ0n) is 14.4. The minimum Gasteiger partial charge on any atom is -0.497 e. The molecule has 1 aromatic heterocycles. The minimum absolute atomic E-state index is 0.0700. The van der Waals surface area contributed by atoms with Crippen LogP contribution in [0.3, 0.4) is 0 Å². The van der Waals surface area contributed by atoms with Crippen molar-refractivity contribution in [3.63, 3.8) is 0 Å². The Morgan fingerprint density at radius 1 is 1.08 bits per heavy atom. The number of hydrogen-bond donors (Lipinski definition) is 1. The van der Waals surface area contributed by atoms with Crippen molar-refractivity contribution in [1.82, 2.24) is 9.78 Å². The second-order valence-corrected chi connectivity index (χ2v) is 5.89. The molecule has 3 rings (SSSR count). The highest BCUT2D eigenvalue weighted by Gasteiger charge is 2.10. The second-order valence-electron chi connectivity index (χ2n) is 5.89. The number of nitrogens with one attached hydrogen (secondary N) is 1. The highest BCUT2D eigenvalue weighted by atomic mass is 16.5. The molecule has 25 heavy (non-hydrogen) atoms. The molecule has 0 bridgehead atoms. The smallest absolute Gasteiger partial charge is 0.229 e. The van der Waals surface area contributed by atoms with E-state index in [4.69, 9.17) is 4.74 Å². The molecule has 3 aromatic rings. The van der Waals surface area contributed by atoms with E-state index in [1.807, 2.05) is 72.3 Å². The van der Waals surface area contributed by atoms with Gasteiger partial charge in [0.1, 0.15) is 11.6 Å². The Bertz CT molecular complexity index is 839. The van der Waals surface area contributed by atoms with Gasteiger partial charge >= 0.3 is 0 Å². The molecule has 0 unspecified atom stereocenters. The zero-order valence-corrected chi connectivity index (χ0v) is 14.4. The van der Waals surface area contributed by atoms with Crippen LogP contribution in [0.25, 0.3) is 0 Å². The van der Waals surface area contributed by atoms with Crippen LogP contribution in [0.4, 0.5) is 5.82 Å². The molecule has 0 aliphatic carbocycles. The Labute approximate surface area is 147 Å². The van der Waals surface area contributed by atoms with Crippen molar-refractivity contribution >= 4 is 11.7 Å². The van der Waals surface area contributed by atoms with Gasteiger partial charge in [-0.1, -0.05) is 42.5 Å². The fraction of sp³-hybridized carbons (Fsp3) is 0.200. The Morgan fingerprint density at radius 2 is 1.80 bits per heavy atom. The molecule has 0 saturated carbocycles. The number of amides is 1. The van der Waals surface area contributed by atoms with E-state index >= 15 is 0 Å². The Balaban J connectivity index is 1.68. The average molecular weight is 335 g/mol. The molecule has 5 heteroatoms. The molecule has 0 fully saturated rings. The lowest BCUT2D eigenvalue weighted by molar-refractivity contribution is -0.115. The van der Waals surface area contributed by atoms with Crippen LogP contribution in [0.5, 0.6) is 5.75 Å². The number of rotatable bonds is 6. The summed E-state index contributed by atoms with van der Waals surface area (Å²) >= 11 is 0. The summed E-state index contributed by atoms with van der Waals surface area (Å²) in [5, 5.41) is 7.43. The van der Waals surface area contributed by atoms with Gasteiger partial charge in [0.15, 0.2) is 0 Å². The van der Waals surface area contributed by atoms with E-state index in [2.05, 4.69) is 10.4 Å². The number of aromatic nitrogens is 2. The first-order chi connectivity index (χ1) is 12.1. The largest absolute Gasteiger partial charge is 0.497 e. The first kappa shape index (κ1) is 16.8. The van der Waals surface area contributed by atoms with E-state index in [9.17, 15) is 4.79 Å². The molecular formula is C20H21N3O2. The standard InChI is InChI=1S/C20H21N3O2/c1-15-12-19(23(22-15)14-17-6-4-3-5-7-17)21-20(24)13-16-8-10-18(25-2)11-9-16/h3-12H,13-14H2,1-2H3,(H,21,24). The number of ether oxygens (including phenoxy) is 1. The van der Waals surface area contributed by atoms with Gasteiger partial charge in [-0.25, -0.2) is 4.68 Å². The molecule has 0 aliphatic heterocycles. The number of carbonyl (C=O) groups excluding carboxylic acids is 1. The molecule has 0 saturated heterocycles. The van der Waals surface area contributed by atoms with E-state index < -0.39 is 0 Å². The van der Waals surface area contributed by atoms with Crippen LogP contribution in [0.1, 0.15) is 16.8 Å². The fourth-order valence-electron chi connectivity index (χ4n) is 2.64. The number of methoxy groups -OCH3 is 1. The Morgan fingerprint density at radius 3 is 2.48 bits per heavy atom. The third kappa shape index (κ3) is 4.47. The summed E-state index contributed by atoms with van der Waals surface area (Å²) in [7, 11) is 1.62. The van der Waals surface area contributed by atoms with E-state index in [1.165, 1.54) is 0 Å². The van der Waals surface area contributed by atoms with Crippen LogP contribution in [0.15, 0.2) is 60.7 Å². The molecule has 2 aromatic carbocycles. The lowest BCUT2D eigenvalue weighted by atomic mass is 10.1. The summed E-state index contributed by atoms with van der Waals surface area (Å²) in [6, 6.07) is 19.4. The van der Waals surface area contributed by atoms with E-state index in [-0.39, 0.29) is 5.91 Å². The van der Waals surface area contributed by atoms with Crippen molar-refractivity contribution in [2.24, 2.45) is 0 Å². The third-order valence-corrected chi connectivity index (χ3v) is 3.87. The predicted octanol–water partition coefficient (Wildman–Crippen LogP) is 3.43. The van der Waals surface area contributed by atoms with Gasteiger partial charge in [-0.05, 0) is 30.2 Å². The maximum absolute atomic E-state index is 12.4. The second kappa shape index (κ2) is 7.66. The summed E-state index contributed by atoms with van der Waals surface area (Å²) < 4.78 is 6.95. The normalized spacial score (nSPS) is 10.5. The summed E-state index contributed by atoms with van der Waals surface area (Å²) in [5.41, 5.74) is 2.94. The van der Waals surface area contributed by atoms with Crippen LogP contribution in [-0.2, 0) is 17.8 Å². The summed E-state index contributed by atoms with van der Waals surface area (Å²) in [5.74, 6) is 1.42. The molecule has 0 atom stereocenters. The van der Waals surface area contributed by atoms with Crippen LogP contribution in [0.2, 0.25) is 0 Å². The van der Waals surface area contributed by atoms with Crippen LogP contribution < -0.4 is 10.1 Å². The molecule has 1 N–H and O–H groups in total. The fourth-order valence-corrected chi connectivity index (χ4v) is 2.64. The van der Waals surface area contributed by atoms with Gasteiger partial charge in [0.2, 0.25) is 5.91 Å². The van der Waals surface area contributed by atoms with E-state index in [0.29, 0.717) is 18.8 Å². The topological polar surface area (TPSA) is 56.1 Å². The lowest BCUT2D eigenvalue weighted by Gasteiger charge is -2.09. The summed E-state index contributed by atoms with van der Waals surface area (Å²) in [4.78, 5) is 12.4. The summed E-state index contributed by atoms with van der Waals surface area (Å²) in [6.45, 7) is 2.54. The van der Waals surface area contributed by atoms with Crippen molar-refractivity contribution < 1.29 is 9.53 Å². The van der Waals surface area contributed by atoms with Crippen molar-refractivity contribution in [1.29, 1.82) is 0 Å². The van der Waals surface area contributed by atoms with Crippen molar-refractivity contribution in [3.05, 3.63) is 77.5 Å². The van der Waals surface area contributed by atoms with Gasteiger partial charge in [-0.3, -0.25) is 4.79 Å². The molecule has 1 heterocycles. The first-order valence-electron chi connectivity index (χ1n) is 8.15. The minimum atomic E-state index is -0.0700. The molecule has 0 radical (unpaired) electrons. The number of aryl methyl sites for hydroxylation is 1. The molecule has 1 amide bonds. The number of anilines is 1. The van der Waals surface area contributed by atoms with Crippen molar-refractivity contribution in [2.45, 2.75) is 19.9 Å². The Hall–Kier alpha value is -3.08. The molecule has 5 nitrogen and oxygen atoms in total. The van der Waals surface area contributed by atoms with E-state index in [0.717, 1.165) is 22.6 Å². The van der Waals surface area contributed by atoms with Crippen molar-refractivity contribution in [2.75, 3.05) is 12.4 Å². The zero-order chi connectivity index (χ0) is 17.6.